The fourth-order valence-corrected chi connectivity index (χ4v) is 5.34. The van der Waals surface area contributed by atoms with Crippen molar-refractivity contribution < 1.29 is 14.3 Å². The number of thiophene rings is 1. The number of anilines is 2. The highest BCUT2D eigenvalue weighted by Gasteiger charge is 2.27. The van der Waals surface area contributed by atoms with Crippen LogP contribution in [-0.2, 0) is 16.0 Å². The van der Waals surface area contributed by atoms with Gasteiger partial charge in [0.15, 0.2) is 0 Å². The molecule has 1 amide bonds. The number of carbonyl (C=O) groups is 2. The van der Waals surface area contributed by atoms with Gasteiger partial charge in [0.2, 0.25) is 11.9 Å². The van der Waals surface area contributed by atoms with Crippen LogP contribution in [0.3, 0.4) is 0 Å². The van der Waals surface area contributed by atoms with E-state index in [1.165, 1.54) is 16.7 Å². The number of aryl methyl sites for hydroxylation is 1. The molecule has 176 valence electrons. The number of nitrogens with zero attached hydrogens (tertiary/aromatic N) is 4. The van der Waals surface area contributed by atoms with Gasteiger partial charge in [-0.1, -0.05) is 18.2 Å². The second kappa shape index (κ2) is 9.30. The number of nitrogen functional groups attached to an aromatic ring is 1. The number of aromatic amines is 1. The molecule has 0 saturated carbocycles. The zero-order chi connectivity index (χ0) is 23.7. The van der Waals surface area contributed by atoms with Crippen LogP contribution in [0, 0.1) is 0 Å². The number of hydrogen-bond donors (Lipinski definition) is 2. The highest BCUT2D eigenvalue weighted by atomic mass is 32.1. The van der Waals surface area contributed by atoms with Crippen LogP contribution in [0.4, 0.5) is 11.8 Å². The Kier molecular flexibility index (Phi) is 6.06. The van der Waals surface area contributed by atoms with Crippen molar-refractivity contribution >= 4 is 56.1 Å². The van der Waals surface area contributed by atoms with Crippen LogP contribution in [0.2, 0.25) is 0 Å². The van der Waals surface area contributed by atoms with Gasteiger partial charge in [0.25, 0.3) is 0 Å². The summed E-state index contributed by atoms with van der Waals surface area (Å²) in [6.07, 6.45) is 3.15. The third kappa shape index (κ3) is 4.16. The molecular weight excluding hydrogens is 452 g/mol. The van der Waals surface area contributed by atoms with Gasteiger partial charge in [0, 0.05) is 55.1 Å². The number of benzene rings is 1. The minimum absolute atomic E-state index is 0.139. The molecule has 1 saturated heterocycles. The molecule has 4 aromatic rings. The summed E-state index contributed by atoms with van der Waals surface area (Å²) in [4.78, 5) is 42.0. The topological polar surface area (TPSA) is 117 Å². The predicted octanol–water partition coefficient (Wildman–Crippen LogP) is 3.21. The van der Waals surface area contributed by atoms with Crippen molar-refractivity contribution in [3.8, 4) is 0 Å². The number of carbonyl (C=O) groups excluding carboxylic acids is 2. The first-order valence-electron chi connectivity index (χ1n) is 11.3. The van der Waals surface area contributed by atoms with Gasteiger partial charge in [-0.25, -0.2) is 9.78 Å². The lowest BCUT2D eigenvalue weighted by Gasteiger charge is -2.35. The lowest BCUT2D eigenvalue weighted by molar-refractivity contribution is -0.131. The minimum atomic E-state index is -0.394. The molecule has 34 heavy (non-hydrogen) atoms. The Morgan fingerprint density at radius 2 is 1.97 bits per heavy atom. The number of para-hydroxylation sites is 1. The van der Waals surface area contributed by atoms with Crippen LogP contribution in [-0.4, -0.2) is 64.5 Å². The number of rotatable bonds is 6. The number of esters is 1. The van der Waals surface area contributed by atoms with Crippen molar-refractivity contribution in [3.05, 3.63) is 47.0 Å². The first-order chi connectivity index (χ1) is 16.5. The average Bonchev–Trinajstić information content (AvgIpc) is 3.46. The molecule has 9 nitrogen and oxygen atoms in total. The lowest BCUT2D eigenvalue weighted by Crippen LogP contribution is -2.49. The summed E-state index contributed by atoms with van der Waals surface area (Å²) in [6, 6.07) is 8.13. The maximum absolute atomic E-state index is 12.9. The van der Waals surface area contributed by atoms with Crippen LogP contribution in [0.25, 0.3) is 21.1 Å². The molecular formula is C24H26N6O3S. The van der Waals surface area contributed by atoms with Crippen molar-refractivity contribution in [2.24, 2.45) is 0 Å². The number of fused-ring (bicyclic) bond motifs is 2. The second-order valence-electron chi connectivity index (χ2n) is 8.18. The van der Waals surface area contributed by atoms with E-state index < -0.39 is 5.97 Å². The van der Waals surface area contributed by atoms with E-state index in [9.17, 15) is 9.59 Å². The number of aromatic nitrogens is 3. The maximum Gasteiger partial charge on any atom is 0.339 e. The fourth-order valence-electron chi connectivity index (χ4n) is 4.43. The standard InChI is InChI=1S/C24H26N6O3S/c1-2-33-23(32)17-14-34-22-20(17)21(27-24(25)28-22)30-11-9-29(10-12-30)19(31)8-7-15-13-26-18-6-4-3-5-16(15)18/h3-6,13-14,26H,2,7-12H2,1H3,(H2,25,27,28). The van der Waals surface area contributed by atoms with E-state index in [0.29, 0.717) is 67.2 Å². The molecule has 1 aromatic carbocycles. The maximum atomic E-state index is 12.9. The Morgan fingerprint density at radius 3 is 2.76 bits per heavy atom. The molecule has 1 aliphatic heterocycles. The Labute approximate surface area is 200 Å². The number of nitrogens with one attached hydrogen (secondary N) is 1. The minimum Gasteiger partial charge on any atom is -0.462 e. The SMILES string of the molecule is CCOC(=O)c1csc2nc(N)nc(N3CCN(C(=O)CCc4c[nH]c5ccccc45)CC3)c12. The van der Waals surface area contributed by atoms with Gasteiger partial charge in [0.1, 0.15) is 10.6 Å². The van der Waals surface area contributed by atoms with Crippen molar-refractivity contribution in [2.45, 2.75) is 19.8 Å². The van der Waals surface area contributed by atoms with Crippen molar-refractivity contribution in [1.82, 2.24) is 19.9 Å². The van der Waals surface area contributed by atoms with E-state index in [2.05, 4.69) is 25.9 Å². The monoisotopic (exact) mass is 478 g/mol. The number of hydrogen-bond acceptors (Lipinski definition) is 8. The molecule has 3 N–H and O–H groups in total. The Hall–Kier alpha value is -3.66. The predicted molar refractivity (Wildman–Crippen MR) is 133 cm³/mol. The van der Waals surface area contributed by atoms with E-state index in [-0.39, 0.29) is 11.9 Å². The molecule has 3 aromatic heterocycles. The largest absolute Gasteiger partial charge is 0.462 e. The Balaban J connectivity index is 1.27. The van der Waals surface area contributed by atoms with Gasteiger partial charge >= 0.3 is 5.97 Å². The molecule has 1 fully saturated rings. The summed E-state index contributed by atoms with van der Waals surface area (Å²) >= 11 is 1.35. The molecule has 1 aliphatic rings. The first kappa shape index (κ1) is 22.1. The molecule has 10 heteroatoms. The van der Waals surface area contributed by atoms with Gasteiger partial charge in [-0.2, -0.15) is 4.98 Å². The summed E-state index contributed by atoms with van der Waals surface area (Å²) in [5, 5.41) is 3.57. The van der Waals surface area contributed by atoms with Gasteiger partial charge in [-0.05, 0) is 25.0 Å². The first-order valence-corrected chi connectivity index (χ1v) is 12.2. The highest BCUT2D eigenvalue weighted by Crippen LogP contribution is 2.33. The number of ether oxygens (including phenoxy) is 1. The van der Waals surface area contributed by atoms with Crippen LogP contribution in [0.5, 0.6) is 0 Å². The summed E-state index contributed by atoms with van der Waals surface area (Å²) in [6.45, 7) is 4.43. The molecule has 0 radical (unpaired) electrons. The van der Waals surface area contributed by atoms with Crippen LogP contribution >= 0.6 is 11.3 Å². The molecule has 0 atom stereocenters. The number of amides is 1. The zero-order valence-corrected chi connectivity index (χ0v) is 19.7. The lowest BCUT2D eigenvalue weighted by atomic mass is 10.1. The molecule has 0 aliphatic carbocycles. The second-order valence-corrected chi connectivity index (χ2v) is 9.04. The fraction of sp³-hybridized carbons (Fsp3) is 0.333. The Morgan fingerprint density at radius 1 is 1.18 bits per heavy atom. The third-order valence-corrected chi connectivity index (χ3v) is 7.01. The smallest absolute Gasteiger partial charge is 0.339 e. The molecule has 5 rings (SSSR count). The number of nitrogens with two attached hydrogens (primary N) is 1. The quantitative estimate of drug-likeness (QED) is 0.409. The van der Waals surface area contributed by atoms with E-state index in [0.717, 1.165) is 11.1 Å². The molecule has 0 bridgehead atoms. The van der Waals surface area contributed by atoms with Crippen molar-refractivity contribution in [1.29, 1.82) is 0 Å². The van der Waals surface area contributed by atoms with Gasteiger partial charge in [-0.15, -0.1) is 11.3 Å². The van der Waals surface area contributed by atoms with Gasteiger partial charge in [0.05, 0.1) is 17.6 Å². The number of H-pyrrole nitrogens is 1. The van der Waals surface area contributed by atoms with E-state index >= 15 is 0 Å². The van der Waals surface area contributed by atoms with E-state index in [4.69, 9.17) is 10.5 Å². The highest BCUT2D eigenvalue weighted by molar-refractivity contribution is 7.17. The van der Waals surface area contributed by atoms with Crippen LogP contribution in [0.15, 0.2) is 35.8 Å². The van der Waals surface area contributed by atoms with Crippen molar-refractivity contribution in [2.75, 3.05) is 43.4 Å². The summed E-state index contributed by atoms with van der Waals surface area (Å²) in [5.74, 6) is 0.532. The van der Waals surface area contributed by atoms with Crippen LogP contribution < -0.4 is 10.6 Å². The number of piperazine rings is 1. The van der Waals surface area contributed by atoms with Crippen molar-refractivity contribution in [3.63, 3.8) is 0 Å². The average molecular weight is 479 g/mol. The summed E-state index contributed by atoms with van der Waals surface area (Å²) < 4.78 is 5.21. The van der Waals surface area contributed by atoms with Gasteiger partial charge < -0.3 is 25.3 Å². The van der Waals surface area contributed by atoms with E-state index in [1.807, 2.05) is 29.3 Å². The summed E-state index contributed by atoms with van der Waals surface area (Å²) in [5.41, 5.74) is 8.65. The molecule has 4 heterocycles. The normalized spacial score (nSPS) is 14.1. The molecule has 0 spiro atoms. The zero-order valence-electron chi connectivity index (χ0n) is 18.9. The van der Waals surface area contributed by atoms with Gasteiger partial charge in [-0.3, -0.25) is 4.79 Å². The molecule has 0 unspecified atom stereocenters. The third-order valence-electron chi connectivity index (χ3n) is 6.14. The van der Waals surface area contributed by atoms with Crippen LogP contribution in [0.1, 0.15) is 29.3 Å². The summed E-state index contributed by atoms with van der Waals surface area (Å²) in [7, 11) is 0. The van der Waals surface area contributed by atoms with E-state index in [1.54, 1.807) is 12.3 Å². The Bertz CT molecular complexity index is 1360.